The van der Waals surface area contributed by atoms with Gasteiger partial charge in [-0.1, -0.05) is 35.4 Å². The van der Waals surface area contributed by atoms with E-state index in [1.54, 1.807) is 0 Å². The molecule has 0 aliphatic carbocycles. The number of nitrogens with one attached hydrogen (secondary N) is 1. The van der Waals surface area contributed by atoms with Gasteiger partial charge in [0.2, 0.25) is 0 Å². The summed E-state index contributed by atoms with van der Waals surface area (Å²) >= 11 is 11.5. The maximum Gasteiger partial charge on any atom is 0.293 e. The molecular formula is C10H10Cl2N2O2. The van der Waals surface area contributed by atoms with Crippen LogP contribution in [0.4, 0.5) is 11.4 Å². The maximum absolute atomic E-state index is 10.8. The van der Waals surface area contributed by atoms with E-state index in [2.05, 4.69) is 11.9 Å². The lowest BCUT2D eigenvalue weighted by Crippen LogP contribution is -2.04. The highest BCUT2D eigenvalue weighted by Crippen LogP contribution is 2.33. The Kier molecular flexibility index (Phi) is 4.15. The molecule has 6 heteroatoms. The van der Waals surface area contributed by atoms with Crippen LogP contribution < -0.4 is 5.32 Å². The van der Waals surface area contributed by atoms with Gasteiger partial charge in [0.05, 0.1) is 15.0 Å². The van der Waals surface area contributed by atoms with Crippen molar-refractivity contribution in [3.8, 4) is 0 Å². The molecule has 1 aromatic carbocycles. The van der Waals surface area contributed by atoms with Gasteiger partial charge in [0.25, 0.3) is 5.69 Å². The van der Waals surface area contributed by atoms with Crippen molar-refractivity contribution in [1.29, 1.82) is 0 Å². The smallest absolute Gasteiger partial charge is 0.293 e. The van der Waals surface area contributed by atoms with Crippen molar-refractivity contribution in [3.63, 3.8) is 0 Å². The van der Waals surface area contributed by atoms with Gasteiger partial charge in [-0.25, -0.2) is 0 Å². The topological polar surface area (TPSA) is 55.2 Å². The van der Waals surface area contributed by atoms with Gasteiger partial charge in [0.15, 0.2) is 0 Å². The normalized spacial score (nSPS) is 9.94. The standard InChI is InChI=1S/C10H10Cl2N2O2/c1-6(2)5-13-9-3-7(11)8(12)4-10(9)14(15)16/h3-4,13H,1,5H2,2H3. The number of hydrogen-bond donors (Lipinski definition) is 1. The zero-order valence-electron chi connectivity index (χ0n) is 8.59. The maximum atomic E-state index is 10.8. The molecule has 0 heterocycles. The van der Waals surface area contributed by atoms with E-state index >= 15 is 0 Å². The van der Waals surface area contributed by atoms with Gasteiger partial charge < -0.3 is 5.32 Å². The van der Waals surface area contributed by atoms with Crippen LogP contribution in [0.5, 0.6) is 0 Å². The summed E-state index contributed by atoms with van der Waals surface area (Å²) < 4.78 is 0. The van der Waals surface area contributed by atoms with Gasteiger partial charge >= 0.3 is 0 Å². The summed E-state index contributed by atoms with van der Waals surface area (Å²) in [4.78, 5) is 10.3. The average molecular weight is 261 g/mol. The van der Waals surface area contributed by atoms with E-state index < -0.39 is 4.92 Å². The Balaban J connectivity index is 3.09. The van der Waals surface area contributed by atoms with Crippen molar-refractivity contribution in [3.05, 3.63) is 44.4 Å². The Morgan fingerprint density at radius 1 is 1.50 bits per heavy atom. The van der Waals surface area contributed by atoms with Crippen LogP contribution in [-0.4, -0.2) is 11.5 Å². The molecule has 0 radical (unpaired) electrons. The minimum absolute atomic E-state index is 0.101. The molecule has 0 fully saturated rings. The third kappa shape index (κ3) is 3.12. The largest absolute Gasteiger partial charge is 0.376 e. The molecule has 0 aromatic heterocycles. The lowest BCUT2D eigenvalue weighted by atomic mass is 10.2. The SMILES string of the molecule is C=C(C)CNc1cc(Cl)c(Cl)cc1[N+](=O)[O-]. The van der Waals surface area contributed by atoms with E-state index in [0.29, 0.717) is 12.2 Å². The second-order valence-electron chi connectivity index (χ2n) is 3.35. The van der Waals surface area contributed by atoms with E-state index in [1.807, 2.05) is 6.92 Å². The Bertz CT molecular complexity index is 447. The van der Waals surface area contributed by atoms with E-state index in [-0.39, 0.29) is 15.7 Å². The zero-order chi connectivity index (χ0) is 12.3. The highest BCUT2D eigenvalue weighted by atomic mass is 35.5. The van der Waals surface area contributed by atoms with Crippen molar-refractivity contribution in [2.24, 2.45) is 0 Å². The van der Waals surface area contributed by atoms with Crippen molar-refractivity contribution in [2.45, 2.75) is 6.92 Å². The predicted octanol–water partition coefficient (Wildman–Crippen LogP) is 3.89. The molecular weight excluding hydrogens is 251 g/mol. The number of nitro benzene ring substituents is 1. The number of nitro groups is 1. The summed E-state index contributed by atoms with van der Waals surface area (Å²) in [5.74, 6) is 0. The van der Waals surface area contributed by atoms with E-state index in [4.69, 9.17) is 23.2 Å². The van der Waals surface area contributed by atoms with Crippen LogP contribution in [0.2, 0.25) is 10.0 Å². The predicted molar refractivity (Wildman–Crippen MR) is 66.4 cm³/mol. The molecule has 0 spiro atoms. The van der Waals surface area contributed by atoms with E-state index in [9.17, 15) is 10.1 Å². The number of hydrogen-bond acceptors (Lipinski definition) is 3. The first-order valence-corrected chi connectivity index (χ1v) is 5.19. The van der Waals surface area contributed by atoms with Crippen LogP contribution in [0, 0.1) is 10.1 Å². The van der Waals surface area contributed by atoms with Crippen LogP contribution >= 0.6 is 23.2 Å². The van der Waals surface area contributed by atoms with Crippen LogP contribution in [0.3, 0.4) is 0 Å². The molecule has 0 saturated heterocycles. The quantitative estimate of drug-likeness (QED) is 0.508. The summed E-state index contributed by atoms with van der Waals surface area (Å²) in [5, 5.41) is 14.1. The summed E-state index contributed by atoms with van der Waals surface area (Å²) in [6, 6.07) is 2.66. The van der Waals surface area contributed by atoms with Gasteiger partial charge in [0, 0.05) is 12.6 Å². The molecule has 0 amide bonds. The Hall–Kier alpha value is -1.26. The number of benzene rings is 1. The second kappa shape index (κ2) is 5.18. The van der Waals surface area contributed by atoms with Crippen molar-refractivity contribution in [1.82, 2.24) is 0 Å². The number of rotatable bonds is 4. The lowest BCUT2D eigenvalue weighted by molar-refractivity contribution is -0.383. The van der Waals surface area contributed by atoms with Crippen LogP contribution in [0.15, 0.2) is 24.3 Å². The summed E-state index contributed by atoms with van der Waals surface area (Å²) in [6.45, 7) is 5.95. The Morgan fingerprint density at radius 2 is 2.06 bits per heavy atom. The molecule has 1 N–H and O–H groups in total. The Labute approximate surface area is 103 Å². The molecule has 1 rings (SSSR count). The van der Waals surface area contributed by atoms with Crippen LogP contribution in [0.1, 0.15) is 6.92 Å². The average Bonchev–Trinajstić information content (AvgIpc) is 2.18. The summed E-state index contributed by atoms with van der Waals surface area (Å²) in [6.07, 6.45) is 0. The third-order valence-corrected chi connectivity index (χ3v) is 2.54. The first-order valence-electron chi connectivity index (χ1n) is 4.43. The minimum atomic E-state index is -0.511. The number of anilines is 1. The van der Waals surface area contributed by atoms with Crippen molar-refractivity contribution < 1.29 is 4.92 Å². The molecule has 4 nitrogen and oxygen atoms in total. The van der Waals surface area contributed by atoms with Crippen molar-refractivity contribution >= 4 is 34.6 Å². The van der Waals surface area contributed by atoms with Crippen molar-refractivity contribution in [2.75, 3.05) is 11.9 Å². The Morgan fingerprint density at radius 3 is 2.56 bits per heavy atom. The number of nitrogens with zero attached hydrogens (tertiary/aromatic N) is 1. The fourth-order valence-electron chi connectivity index (χ4n) is 1.08. The molecule has 86 valence electrons. The van der Waals surface area contributed by atoms with E-state index in [1.165, 1.54) is 12.1 Å². The van der Waals surface area contributed by atoms with Gasteiger partial charge in [-0.05, 0) is 13.0 Å². The molecule has 0 saturated carbocycles. The minimum Gasteiger partial charge on any atom is -0.376 e. The molecule has 0 atom stereocenters. The first kappa shape index (κ1) is 12.8. The molecule has 0 aliphatic heterocycles. The monoisotopic (exact) mass is 260 g/mol. The van der Waals surface area contributed by atoms with Crippen LogP contribution in [0.25, 0.3) is 0 Å². The number of halogens is 2. The molecule has 16 heavy (non-hydrogen) atoms. The molecule has 0 aliphatic rings. The second-order valence-corrected chi connectivity index (χ2v) is 4.17. The molecule has 0 bridgehead atoms. The summed E-state index contributed by atoms with van der Waals surface area (Å²) in [7, 11) is 0. The molecule has 0 unspecified atom stereocenters. The first-order chi connectivity index (χ1) is 7.41. The summed E-state index contributed by atoms with van der Waals surface area (Å²) in [5.41, 5.74) is 1.10. The third-order valence-electron chi connectivity index (χ3n) is 1.82. The highest BCUT2D eigenvalue weighted by molar-refractivity contribution is 6.42. The zero-order valence-corrected chi connectivity index (χ0v) is 10.1. The molecule has 1 aromatic rings. The lowest BCUT2D eigenvalue weighted by Gasteiger charge is -2.07. The van der Waals surface area contributed by atoms with Gasteiger partial charge in [-0.2, -0.15) is 0 Å². The van der Waals surface area contributed by atoms with Gasteiger partial charge in [-0.3, -0.25) is 10.1 Å². The highest BCUT2D eigenvalue weighted by Gasteiger charge is 2.16. The van der Waals surface area contributed by atoms with Gasteiger partial charge in [-0.15, -0.1) is 0 Å². The fraction of sp³-hybridized carbons (Fsp3) is 0.200. The van der Waals surface area contributed by atoms with Crippen LogP contribution in [-0.2, 0) is 0 Å². The van der Waals surface area contributed by atoms with E-state index in [0.717, 1.165) is 5.57 Å². The van der Waals surface area contributed by atoms with Gasteiger partial charge in [0.1, 0.15) is 5.69 Å². The fourth-order valence-corrected chi connectivity index (χ4v) is 1.40.